The molecule has 2 unspecified atom stereocenters. The summed E-state index contributed by atoms with van der Waals surface area (Å²) in [6.07, 6.45) is 9.36. The second-order valence-corrected chi connectivity index (χ2v) is 5.65. The molecule has 0 aromatic rings. The summed E-state index contributed by atoms with van der Waals surface area (Å²) in [7, 11) is 6.50. The summed E-state index contributed by atoms with van der Waals surface area (Å²) in [5.41, 5.74) is 0.277. The topological polar surface area (TPSA) is 15.3 Å². The van der Waals surface area contributed by atoms with Crippen LogP contribution >= 0.6 is 0 Å². The lowest BCUT2D eigenvalue weighted by Crippen LogP contribution is -2.55. The first-order valence-electron chi connectivity index (χ1n) is 7.37. The van der Waals surface area contributed by atoms with Gasteiger partial charge in [-0.15, -0.1) is 0 Å². The third-order valence-corrected chi connectivity index (χ3v) is 4.43. The Balaban J connectivity index is 4.12. The Kier molecular flexibility index (Phi) is 8.89. The standard InChI is InChI=1S/C15H34N2/c1-7-9-10-11-12-13-14(16-4)15(3,8-2)17(5)6/h14,16H,7-13H2,1-6H3. The van der Waals surface area contributed by atoms with E-state index in [1.54, 1.807) is 0 Å². The fraction of sp³-hybridized carbons (Fsp3) is 1.00. The molecule has 17 heavy (non-hydrogen) atoms. The minimum absolute atomic E-state index is 0.277. The molecule has 0 saturated carbocycles. The molecule has 0 fully saturated rings. The van der Waals surface area contributed by atoms with Crippen LogP contribution in [0.1, 0.15) is 65.7 Å². The normalized spacial score (nSPS) is 17.1. The van der Waals surface area contributed by atoms with Crippen molar-refractivity contribution in [1.82, 2.24) is 10.2 Å². The number of rotatable bonds is 10. The van der Waals surface area contributed by atoms with Crippen molar-refractivity contribution in [1.29, 1.82) is 0 Å². The molecule has 0 rings (SSSR count). The summed E-state index contributed by atoms with van der Waals surface area (Å²) in [5.74, 6) is 0. The van der Waals surface area contributed by atoms with E-state index < -0.39 is 0 Å². The lowest BCUT2D eigenvalue weighted by molar-refractivity contribution is 0.110. The summed E-state index contributed by atoms with van der Waals surface area (Å²) in [6.45, 7) is 6.94. The van der Waals surface area contributed by atoms with Gasteiger partial charge in [0.2, 0.25) is 0 Å². The van der Waals surface area contributed by atoms with Crippen LogP contribution in [0.4, 0.5) is 0 Å². The fourth-order valence-electron chi connectivity index (χ4n) is 2.59. The van der Waals surface area contributed by atoms with Gasteiger partial charge in [0.05, 0.1) is 0 Å². The predicted molar refractivity (Wildman–Crippen MR) is 78.6 cm³/mol. The van der Waals surface area contributed by atoms with E-state index in [9.17, 15) is 0 Å². The largest absolute Gasteiger partial charge is 0.315 e. The van der Waals surface area contributed by atoms with Crippen LogP contribution < -0.4 is 5.32 Å². The van der Waals surface area contributed by atoms with Gasteiger partial charge in [-0.2, -0.15) is 0 Å². The van der Waals surface area contributed by atoms with E-state index in [0.717, 1.165) is 0 Å². The number of hydrogen-bond donors (Lipinski definition) is 1. The molecule has 1 N–H and O–H groups in total. The summed E-state index contributed by atoms with van der Waals surface area (Å²) >= 11 is 0. The first kappa shape index (κ1) is 16.9. The quantitative estimate of drug-likeness (QED) is 0.588. The van der Waals surface area contributed by atoms with Crippen molar-refractivity contribution >= 4 is 0 Å². The smallest absolute Gasteiger partial charge is 0.0325 e. The van der Waals surface area contributed by atoms with Crippen LogP contribution in [0.2, 0.25) is 0 Å². The molecule has 0 bridgehead atoms. The molecule has 0 radical (unpaired) electrons. The Morgan fingerprint density at radius 3 is 2.06 bits per heavy atom. The monoisotopic (exact) mass is 242 g/mol. The average Bonchev–Trinajstić information content (AvgIpc) is 2.32. The molecular weight excluding hydrogens is 208 g/mol. The molecule has 2 atom stereocenters. The Morgan fingerprint density at radius 2 is 1.65 bits per heavy atom. The maximum Gasteiger partial charge on any atom is 0.0325 e. The van der Waals surface area contributed by atoms with E-state index in [1.165, 1.54) is 44.9 Å². The highest BCUT2D eigenvalue weighted by atomic mass is 15.2. The number of unbranched alkanes of at least 4 members (excludes halogenated alkanes) is 4. The van der Waals surface area contributed by atoms with Crippen molar-refractivity contribution in [3.63, 3.8) is 0 Å². The molecule has 0 heterocycles. The average molecular weight is 242 g/mol. The lowest BCUT2D eigenvalue weighted by atomic mass is 9.84. The Morgan fingerprint density at radius 1 is 1.06 bits per heavy atom. The summed E-state index contributed by atoms with van der Waals surface area (Å²) < 4.78 is 0. The Labute approximate surface area is 109 Å². The molecule has 0 amide bonds. The van der Waals surface area contributed by atoms with Crippen molar-refractivity contribution in [3.05, 3.63) is 0 Å². The molecule has 0 aromatic carbocycles. The SMILES string of the molecule is CCCCCCCC(NC)C(C)(CC)N(C)C. The van der Waals surface area contributed by atoms with E-state index in [4.69, 9.17) is 0 Å². The predicted octanol–water partition coefficient (Wildman–Crippen LogP) is 3.67. The maximum absolute atomic E-state index is 3.52. The van der Waals surface area contributed by atoms with Crippen LogP contribution in [0.5, 0.6) is 0 Å². The van der Waals surface area contributed by atoms with Gasteiger partial charge in [0, 0.05) is 11.6 Å². The second kappa shape index (κ2) is 8.93. The maximum atomic E-state index is 3.52. The first-order valence-corrected chi connectivity index (χ1v) is 7.37. The number of nitrogens with one attached hydrogen (secondary N) is 1. The van der Waals surface area contributed by atoms with E-state index in [1.807, 2.05) is 0 Å². The van der Waals surface area contributed by atoms with Crippen LogP contribution in [0.25, 0.3) is 0 Å². The molecule has 0 aromatic heterocycles. The van der Waals surface area contributed by atoms with Crippen LogP contribution in [0.3, 0.4) is 0 Å². The third kappa shape index (κ3) is 5.39. The van der Waals surface area contributed by atoms with E-state index in [-0.39, 0.29) is 5.54 Å². The summed E-state index contributed by atoms with van der Waals surface area (Å²) in [6, 6.07) is 0.601. The van der Waals surface area contributed by atoms with Crippen molar-refractivity contribution in [2.24, 2.45) is 0 Å². The van der Waals surface area contributed by atoms with Crippen LogP contribution in [0.15, 0.2) is 0 Å². The molecule has 2 nitrogen and oxygen atoms in total. The van der Waals surface area contributed by atoms with Crippen LogP contribution in [0, 0.1) is 0 Å². The summed E-state index contributed by atoms with van der Waals surface area (Å²) in [4.78, 5) is 2.38. The van der Waals surface area contributed by atoms with Gasteiger partial charge in [-0.05, 0) is 40.9 Å². The van der Waals surface area contributed by atoms with Crippen LogP contribution in [-0.4, -0.2) is 37.6 Å². The zero-order chi connectivity index (χ0) is 13.3. The minimum atomic E-state index is 0.277. The molecule has 104 valence electrons. The molecule has 0 saturated heterocycles. The fourth-order valence-corrected chi connectivity index (χ4v) is 2.59. The van der Waals surface area contributed by atoms with E-state index >= 15 is 0 Å². The van der Waals surface area contributed by atoms with Gasteiger partial charge in [0.1, 0.15) is 0 Å². The third-order valence-electron chi connectivity index (χ3n) is 4.43. The van der Waals surface area contributed by atoms with Gasteiger partial charge in [0.15, 0.2) is 0 Å². The molecular formula is C15H34N2. The number of nitrogens with zero attached hydrogens (tertiary/aromatic N) is 1. The molecule has 0 aliphatic rings. The summed E-state index contributed by atoms with van der Waals surface area (Å²) in [5, 5.41) is 3.52. The highest BCUT2D eigenvalue weighted by Gasteiger charge is 2.32. The van der Waals surface area contributed by atoms with Gasteiger partial charge in [0.25, 0.3) is 0 Å². The van der Waals surface area contributed by atoms with Gasteiger partial charge >= 0.3 is 0 Å². The van der Waals surface area contributed by atoms with Gasteiger partial charge in [-0.3, -0.25) is 0 Å². The second-order valence-electron chi connectivity index (χ2n) is 5.65. The number of likely N-dealkylation sites (N-methyl/N-ethyl adjacent to an activating group) is 2. The van der Waals surface area contributed by atoms with Gasteiger partial charge < -0.3 is 10.2 Å². The zero-order valence-electron chi connectivity index (χ0n) is 13.0. The molecule has 2 heteroatoms. The van der Waals surface area contributed by atoms with Crippen molar-refractivity contribution in [2.45, 2.75) is 77.3 Å². The van der Waals surface area contributed by atoms with Crippen molar-refractivity contribution in [2.75, 3.05) is 21.1 Å². The highest BCUT2D eigenvalue weighted by Crippen LogP contribution is 2.24. The Hall–Kier alpha value is -0.0800. The van der Waals surface area contributed by atoms with Crippen LogP contribution in [-0.2, 0) is 0 Å². The number of hydrogen-bond acceptors (Lipinski definition) is 2. The zero-order valence-corrected chi connectivity index (χ0v) is 13.0. The van der Waals surface area contributed by atoms with E-state index in [0.29, 0.717) is 6.04 Å². The van der Waals surface area contributed by atoms with Gasteiger partial charge in [-0.25, -0.2) is 0 Å². The first-order chi connectivity index (χ1) is 8.02. The van der Waals surface area contributed by atoms with Gasteiger partial charge in [-0.1, -0.05) is 46.0 Å². The minimum Gasteiger partial charge on any atom is -0.315 e. The molecule has 0 spiro atoms. The van der Waals surface area contributed by atoms with Crippen molar-refractivity contribution < 1.29 is 0 Å². The Bertz CT molecular complexity index is 180. The lowest BCUT2D eigenvalue weighted by Gasteiger charge is -2.42. The highest BCUT2D eigenvalue weighted by molar-refractivity contribution is 4.93. The van der Waals surface area contributed by atoms with Crippen molar-refractivity contribution in [3.8, 4) is 0 Å². The van der Waals surface area contributed by atoms with E-state index in [2.05, 4.69) is 52.1 Å². The molecule has 0 aliphatic carbocycles. The molecule has 0 aliphatic heterocycles.